The predicted molar refractivity (Wildman–Crippen MR) is 73.4 cm³/mol. The number of carbonyl (C=O) groups is 1. The summed E-state index contributed by atoms with van der Waals surface area (Å²) in [5.41, 5.74) is 6.52. The number of benzene rings is 1. The zero-order chi connectivity index (χ0) is 13.7. The molecule has 3 N–H and O–H groups in total. The first kappa shape index (κ1) is 15.1. The second-order valence-electron chi connectivity index (χ2n) is 4.62. The molecule has 5 heteroatoms. The summed E-state index contributed by atoms with van der Waals surface area (Å²) in [5.74, 6) is -0.176. The van der Waals surface area contributed by atoms with E-state index in [0.29, 0.717) is 12.1 Å². The number of halogens is 2. The van der Waals surface area contributed by atoms with Crippen LogP contribution in [-0.2, 0) is 11.3 Å². The van der Waals surface area contributed by atoms with Crippen LogP contribution in [0, 0.1) is 11.7 Å². The highest BCUT2D eigenvalue weighted by molar-refractivity contribution is 9.10. The first-order valence-corrected chi connectivity index (χ1v) is 6.65. The molecule has 1 aromatic rings. The van der Waals surface area contributed by atoms with Gasteiger partial charge < -0.3 is 11.1 Å². The first-order valence-electron chi connectivity index (χ1n) is 5.86. The van der Waals surface area contributed by atoms with Gasteiger partial charge in [0.05, 0.1) is 0 Å². The maximum atomic E-state index is 13.0. The molecular weight excluding hydrogens is 299 g/mol. The van der Waals surface area contributed by atoms with Crippen molar-refractivity contribution in [3.8, 4) is 0 Å². The van der Waals surface area contributed by atoms with Gasteiger partial charge in [-0.15, -0.1) is 0 Å². The molecule has 0 aliphatic heterocycles. The Morgan fingerprint density at radius 2 is 2.17 bits per heavy atom. The molecule has 1 aromatic carbocycles. The van der Waals surface area contributed by atoms with E-state index < -0.39 is 0 Å². The highest BCUT2D eigenvalue weighted by atomic mass is 79.9. The van der Waals surface area contributed by atoms with Crippen molar-refractivity contribution in [2.75, 3.05) is 0 Å². The van der Waals surface area contributed by atoms with Crippen LogP contribution in [0.4, 0.5) is 4.39 Å². The summed E-state index contributed by atoms with van der Waals surface area (Å²) < 4.78 is 13.8. The van der Waals surface area contributed by atoms with Gasteiger partial charge in [0, 0.05) is 23.5 Å². The highest BCUT2D eigenvalue weighted by Gasteiger charge is 2.13. The lowest BCUT2D eigenvalue weighted by atomic mass is 10.0. The highest BCUT2D eigenvalue weighted by Crippen LogP contribution is 2.17. The Morgan fingerprint density at radius 3 is 2.78 bits per heavy atom. The van der Waals surface area contributed by atoms with Crippen LogP contribution in [0.15, 0.2) is 22.7 Å². The predicted octanol–water partition coefficient (Wildman–Crippen LogP) is 2.58. The first-order chi connectivity index (χ1) is 8.40. The van der Waals surface area contributed by atoms with E-state index in [1.165, 1.54) is 12.1 Å². The van der Waals surface area contributed by atoms with Crippen molar-refractivity contribution in [2.24, 2.45) is 11.7 Å². The van der Waals surface area contributed by atoms with E-state index >= 15 is 0 Å². The molecule has 0 spiro atoms. The lowest BCUT2D eigenvalue weighted by Crippen LogP contribution is -2.34. The Bertz CT molecular complexity index is 423. The third-order valence-electron chi connectivity index (χ3n) is 2.76. The Morgan fingerprint density at radius 1 is 1.50 bits per heavy atom. The normalized spacial score (nSPS) is 12.6. The van der Waals surface area contributed by atoms with E-state index in [2.05, 4.69) is 21.2 Å². The van der Waals surface area contributed by atoms with Crippen LogP contribution in [0.5, 0.6) is 0 Å². The summed E-state index contributed by atoms with van der Waals surface area (Å²) in [6.45, 7) is 4.24. The minimum Gasteiger partial charge on any atom is -0.352 e. The molecule has 0 aliphatic rings. The molecule has 0 saturated carbocycles. The quantitative estimate of drug-likeness (QED) is 0.877. The third-order valence-corrected chi connectivity index (χ3v) is 3.53. The third kappa shape index (κ3) is 4.74. The van der Waals surface area contributed by atoms with E-state index in [1.807, 2.05) is 13.8 Å². The lowest BCUT2D eigenvalue weighted by molar-refractivity contribution is -0.121. The van der Waals surface area contributed by atoms with Crippen molar-refractivity contribution in [1.82, 2.24) is 5.32 Å². The second kappa shape index (κ2) is 6.85. The maximum absolute atomic E-state index is 13.0. The minimum atomic E-state index is -0.318. The average molecular weight is 317 g/mol. The topological polar surface area (TPSA) is 55.1 Å². The van der Waals surface area contributed by atoms with Gasteiger partial charge in [0.1, 0.15) is 5.82 Å². The van der Waals surface area contributed by atoms with Crippen molar-refractivity contribution < 1.29 is 9.18 Å². The molecule has 0 radical (unpaired) electrons. The minimum absolute atomic E-state index is 0.118. The van der Waals surface area contributed by atoms with E-state index in [-0.39, 0.29) is 30.1 Å². The van der Waals surface area contributed by atoms with Crippen LogP contribution < -0.4 is 11.1 Å². The number of nitrogens with one attached hydrogen (secondary N) is 1. The molecule has 0 aliphatic carbocycles. The molecular formula is C13H18BrFN2O. The van der Waals surface area contributed by atoms with Gasteiger partial charge in [-0.3, -0.25) is 4.79 Å². The van der Waals surface area contributed by atoms with Gasteiger partial charge in [0.2, 0.25) is 5.91 Å². The van der Waals surface area contributed by atoms with Crippen molar-refractivity contribution in [3.05, 3.63) is 34.1 Å². The maximum Gasteiger partial charge on any atom is 0.221 e. The second-order valence-corrected chi connectivity index (χ2v) is 5.48. The van der Waals surface area contributed by atoms with Crippen molar-refractivity contribution >= 4 is 21.8 Å². The van der Waals surface area contributed by atoms with Gasteiger partial charge in [-0.1, -0.05) is 29.8 Å². The van der Waals surface area contributed by atoms with E-state index in [4.69, 9.17) is 5.73 Å². The molecule has 100 valence electrons. The fourth-order valence-corrected chi connectivity index (χ4v) is 1.78. The zero-order valence-electron chi connectivity index (χ0n) is 10.5. The van der Waals surface area contributed by atoms with Crippen LogP contribution in [0.3, 0.4) is 0 Å². The number of amides is 1. The zero-order valence-corrected chi connectivity index (χ0v) is 12.1. The monoisotopic (exact) mass is 316 g/mol. The van der Waals surface area contributed by atoms with Crippen LogP contribution in [0.2, 0.25) is 0 Å². The van der Waals surface area contributed by atoms with Crippen molar-refractivity contribution in [2.45, 2.75) is 32.9 Å². The van der Waals surface area contributed by atoms with E-state index in [0.717, 1.165) is 4.47 Å². The Kier molecular flexibility index (Phi) is 5.75. The SMILES string of the molecule is CC(C)C(N)CC(=O)NCc1cc(F)ccc1Br. The number of nitrogens with two attached hydrogens (primary N) is 1. The smallest absolute Gasteiger partial charge is 0.221 e. The van der Waals surface area contributed by atoms with Crippen molar-refractivity contribution in [3.63, 3.8) is 0 Å². The molecule has 1 atom stereocenters. The fraction of sp³-hybridized carbons (Fsp3) is 0.462. The molecule has 0 bridgehead atoms. The molecule has 0 heterocycles. The summed E-state index contributed by atoms with van der Waals surface area (Å²) in [6, 6.07) is 4.23. The molecule has 18 heavy (non-hydrogen) atoms. The summed E-state index contributed by atoms with van der Waals surface area (Å²) in [4.78, 5) is 11.6. The van der Waals surface area contributed by atoms with Crippen LogP contribution in [0.1, 0.15) is 25.8 Å². The van der Waals surface area contributed by atoms with Crippen LogP contribution in [-0.4, -0.2) is 11.9 Å². The number of hydrogen-bond acceptors (Lipinski definition) is 2. The van der Waals surface area contributed by atoms with Crippen LogP contribution in [0.25, 0.3) is 0 Å². The van der Waals surface area contributed by atoms with Gasteiger partial charge in [-0.2, -0.15) is 0 Å². The number of rotatable bonds is 5. The molecule has 1 amide bonds. The largest absolute Gasteiger partial charge is 0.352 e. The molecule has 0 saturated heterocycles. The summed E-state index contributed by atoms with van der Waals surface area (Å²) >= 11 is 3.31. The molecule has 1 unspecified atom stereocenters. The van der Waals surface area contributed by atoms with Gasteiger partial charge in [0.15, 0.2) is 0 Å². The summed E-state index contributed by atoms with van der Waals surface area (Å²) in [5, 5.41) is 2.74. The lowest BCUT2D eigenvalue weighted by Gasteiger charge is -2.15. The van der Waals surface area contributed by atoms with Crippen molar-refractivity contribution in [1.29, 1.82) is 0 Å². The fourth-order valence-electron chi connectivity index (χ4n) is 1.39. The number of hydrogen-bond donors (Lipinski definition) is 2. The standard InChI is InChI=1S/C13H18BrFN2O/c1-8(2)12(16)6-13(18)17-7-9-5-10(15)3-4-11(9)14/h3-5,8,12H,6-7,16H2,1-2H3,(H,17,18). The van der Waals surface area contributed by atoms with Gasteiger partial charge in [-0.05, 0) is 29.7 Å². The molecule has 1 rings (SSSR count). The molecule has 0 fully saturated rings. The summed E-state index contributed by atoms with van der Waals surface area (Å²) in [6.07, 6.45) is 0.282. The average Bonchev–Trinajstić information content (AvgIpc) is 2.30. The summed E-state index contributed by atoms with van der Waals surface area (Å²) in [7, 11) is 0. The number of carbonyl (C=O) groups excluding carboxylic acids is 1. The molecule has 0 aromatic heterocycles. The van der Waals surface area contributed by atoms with E-state index in [1.54, 1.807) is 6.07 Å². The Labute approximate surface area is 115 Å². The van der Waals surface area contributed by atoms with Gasteiger partial charge in [-0.25, -0.2) is 4.39 Å². The van der Waals surface area contributed by atoms with Gasteiger partial charge >= 0.3 is 0 Å². The van der Waals surface area contributed by atoms with Crippen LogP contribution >= 0.6 is 15.9 Å². The molecule has 3 nitrogen and oxygen atoms in total. The van der Waals surface area contributed by atoms with Gasteiger partial charge in [0.25, 0.3) is 0 Å². The van der Waals surface area contributed by atoms with E-state index in [9.17, 15) is 9.18 Å². The Hall–Kier alpha value is -0.940. The Balaban J connectivity index is 2.50.